The quantitative estimate of drug-likeness (QED) is 0.878. The first kappa shape index (κ1) is 18.9. The maximum atomic E-state index is 12.7. The average molecular weight is 383 g/mol. The highest BCUT2D eigenvalue weighted by Crippen LogP contribution is 2.21. The normalized spacial score (nSPS) is 17.2. The van der Waals surface area contributed by atoms with Gasteiger partial charge in [0, 0.05) is 18.7 Å². The summed E-state index contributed by atoms with van der Waals surface area (Å²) in [7, 11) is -3.87. The zero-order chi connectivity index (χ0) is 19.4. The molecule has 3 rings (SSSR count). The van der Waals surface area contributed by atoms with Gasteiger partial charge in [0.1, 0.15) is 0 Å². The third kappa shape index (κ3) is 4.47. The molecule has 1 aliphatic rings. The van der Waals surface area contributed by atoms with E-state index in [1.807, 2.05) is 6.07 Å². The van der Waals surface area contributed by atoms with Crippen LogP contribution in [0.3, 0.4) is 0 Å². The predicted molar refractivity (Wildman–Crippen MR) is 103 cm³/mol. The maximum absolute atomic E-state index is 12.7. The summed E-state index contributed by atoms with van der Waals surface area (Å²) in [5, 5.41) is 8.95. The minimum Gasteiger partial charge on any atom is -0.338 e. The van der Waals surface area contributed by atoms with Crippen LogP contribution in [0, 0.1) is 17.2 Å². The van der Waals surface area contributed by atoms with Crippen LogP contribution in [0.4, 0.5) is 5.69 Å². The fraction of sp³-hybridized carbons (Fsp3) is 0.300. The van der Waals surface area contributed by atoms with Crippen molar-refractivity contribution >= 4 is 21.6 Å². The van der Waals surface area contributed by atoms with Gasteiger partial charge < -0.3 is 4.90 Å². The van der Waals surface area contributed by atoms with Gasteiger partial charge in [0.25, 0.3) is 15.9 Å². The Kier molecular flexibility index (Phi) is 5.47. The number of carbonyl (C=O) groups excluding carboxylic acids is 1. The fourth-order valence-electron chi connectivity index (χ4n) is 3.22. The lowest BCUT2D eigenvalue weighted by Crippen LogP contribution is -2.39. The number of rotatable bonds is 4. The second-order valence-corrected chi connectivity index (χ2v) is 8.51. The average Bonchev–Trinajstić information content (AvgIpc) is 2.67. The van der Waals surface area contributed by atoms with E-state index in [0.717, 1.165) is 12.8 Å². The van der Waals surface area contributed by atoms with Gasteiger partial charge in [0.15, 0.2) is 0 Å². The number of likely N-dealkylation sites (tertiary alicyclic amines) is 1. The minimum absolute atomic E-state index is 0.0146. The standard InChI is InChI=1S/C20H21N3O3S/c1-15-5-4-10-23(14-15)20(24)17-7-3-9-19(12-17)27(25,26)22-18-8-2-6-16(11-18)13-21/h2-3,6-9,11-12,15,22H,4-5,10,14H2,1H3. The Bertz CT molecular complexity index is 996. The number of piperidine rings is 1. The van der Waals surface area contributed by atoms with Crippen molar-refractivity contribution in [2.24, 2.45) is 5.92 Å². The lowest BCUT2D eigenvalue weighted by molar-refractivity contribution is 0.0683. The molecule has 1 fully saturated rings. The van der Waals surface area contributed by atoms with E-state index in [1.165, 1.54) is 18.2 Å². The Morgan fingerprint density at radius 1 is 1.22 bits per heavy atom. The Morgan fingerprint density at radius 2 is 2.00 bits per heavy atom. The van der Waals surface area contributed by atoms with Gasteiger partial charge in [-0.3, -0.25) is 9.52 Å². The van der Waals surface area contributed by atoms with Crippen LogP contribution >= 0.6 is 0 Å². The van der Waals surface area contributed by atoms with E-state index in [2.05, 4.69) is 11.6 Å². The molecule has 0 saturated carbocycles. The van der Waals surface area contributed by atoms with E-state index >= 15 is 0 Å². The molecule has 1 atom stereocenters. The van der Waals surface area contributed by atoms with Gasteiger partial charge in [-0.25, -0.2) is 8.42 Å². The van der Waals surface area contributed by atoms with E-state index in [-0.39, 0.29) is 10.8 Å². The third-order valence-corrected chi connectivity index (χ3v) is 5.96. The van der Waals surface area contributed by atoms with Crippen LogP contribution in [0.1, 0.15) is 35.7 Å². The summed E-state index contributed by atoms with van der Waals surface area (Å²) >= 11 is 0. The molecule has 2 aromatic rings. The SMILES string of the molecule is CC1CCCN(C(=O)c2cccc(S(=O)(=O)Nc3cccc(C#N)c3)c2)C1. The van der Waals surface area contributed by atoms with E-state index in [1.54, 1.807) is 35.2 Å². The van der Waals surface area contributed by atoms with E-state index < -0.39 is 10.0 Å². The number of benzene rings is 2. The van der Waals surface area contributed by atoms with Crippen molar-refractivity contribution in [3.05, 3.63) is 59.7 Å². The Hall–Kier alpha value is -2.85. The molecule has 1 amide bonds. The van der Waals surface area contributed by atoms with Crippen LogP contribution in [-0.4, -0.2) is 32.3 Å². The first-order valence-corrected chi connectivity index (χ1v) is 10.3. The fourth-order valence-corrected chi connectivity index (χ4v) is 4.31. The molecular weight excluding hydrogens is 362 g/mol. The monoisotopic (exact) mass is 383 g/mol. The van der Waals surface area contributed by atoms with Gasteiger partial charge in [-0.2, -0.15) is 5.26 Å². The van der Waals surface area contributed by atoms with Crippen molar-refractivity contribution in [1.29, 1.82) is 5.26 Å². The molecule has 140 valence electrons. The first-order valence-electron chi connectivity index (χ1n) is 8.81. The van der Waals surface area contributed by atoms with Gasteiger partial charge in [-0.15, -0.1) is 0 Å². The van der Waals surface area contributed by atoms with Gasteiger partial charge in [-0.1, -0.05) is 19.1 Å². The Morgan fingerprint density at radius 3 is 2.74 bits per heavy atom. The van der Waals surface area contributed by atoms with E-state index in [4.69, 9.17) is 5.26 Å². The number of amides is 1. The van der Waals surface area contributed by atoms with E-state index in [9.17, 15) is 13.2 Å². The number of hydrogen-bond donors (Lipinski definition) is 1. The second-order valence-electron chi connectivity index (χ2n) is 6.82. The van der Waals surface area contributed by atoms with Crippen LogP contribution in [0.5, 0.6) is 0 Å². The summed E-state index contributed by atoms with van der Waals surface area (Å²) in [5.41, 5.74) is 1.02. The smallest absolute Gasteiger partial charge is 0.261 e. The molecule has 0 aliphatic carbocycles. The summed E-state index contributed by atoms with van der Waals surface area (Å²) in [5.74, 6) is 0.300. The summed E-state index contributed by atoms with van der Waals surface area (Å²) in [6.07, 6.45) is 2.06. The van der Waals surface area contributed by atoms with Gasteiger partial charge in [-0.05, 0) is 55.2 Å². The molecule has 1 heterocycles. The second kappa shape index (κ2) is 7.80. The molecule has 6 nitrogen and oxygen atoms in total. The number of sulfonamides is 1. The maximum Gasteiger partial charge on any atom is 0.261 e. The van der Waals surface area contributed by atoms with Crippen molar-refractivity contribution in [3.8, 4) is 6.07 Å². The molecule has 7 heteroatoms. The van der Waals surface area contributed by atoms with Crippen LogP contribution in [0.15, 0.2) is 53.4 Å². The molecule has 0 aromatic heterocycles. The minimum atomic E-state index is -3.87. The highest BCUT2D eigenvalue weighted by atomic mass is 32.2. The van der Waals surface area contributed by atoms with Crippen molar-refractivity contribution in [2.45, 2.75) is 24.7 Å². The summed E-state index contributed by atoms with van der Waals surface area (Å²) in [6.45, 7) is 3.49. The Balaban J connectivity index is 1.83. The number of anilines is 1. The number of nitrogens with one attached hydrogen (secondary N) is 1. The van der Waals surface area contributed by atoms with Crippen LogP contribution in [0.2, 0.25) is 0 Å². The van der Waals surface area contributed by atoms with Crippen LogP contribution in [0.25, 0.3) is 0 Å². The summed E-state index contributed by atoms with van der Waals surface area (Å²) in [4.78, 5) is 14.5. The predicted octanol–water partition coefficient (Wildman–Crippen LogP) is 3.23. The highest BCUT2D eigenvalue weighted by molar-refractivity contribution is 7.92. The lowest BCUT2D eigenvalue weighted by Gasteiger charge is -2.31. The van der Waals surface area contributed by atoms with Gasteiger partial charge in [0.05, 0.1) is 22.2 Å². The highest BCUT2D eigenvalue weighted by Gasteiger charge is 2.23. The van der Waals surface area contributed by atoms with Crippen molar-refractivity contribution < 1.29 is 13.2 Å². The molecule has 0 radical (unpaired) electrons. The van der Waals surface area contributed by atoms with E-state index in [0.29, 0.717) is 35.8 Å². The molecule has 1 unspecified atom stereocenters. The lowest BCUT2D eigenvalue weighted by atomic mass is 9.99. The number of carbonyl (C=O) groups is 1. The molecule has 2 aromatic carbocycles. The van der Waals surface area contributed by atoms with Gasteiger partial charge in [0.2, 0.25) is 0 Å². The molecule has 27 heavy (non-hydrogen) atoms. The molecule has 0 spiro atoms. The Labute approximate surface area is 159 Å². The van der Waals surface area contributed by atoms with Crippen molar-refractivity contribution in [3.63, 3.8) is 0 Å². The summed E-state index contributed by atoms with van der Waals surface area (Å²) < 4.78 is 27.8. The van der Waals surface area contributed by atoms with Crippen LogP contribution < -0.4 is 4.72 Å². The summed E-state index contributed by atoms with van der Waals surface area (Å²) in [6, 6.07) is 14.3. The van der Waals surface area contributed by atoms with Gasteiger partial charge >= 0.3 is 0 Å². The first-order chi connectivity index (χ1) is 12.9. The molecular formula is C20H21N3O3S. The molecule has 1 N–H and O–H groups in total. The largest absolute Gasteiger partial charge is 0.338 e. The zero-order valence-corrected chi connectivity index (χ0v) is 15.9. The number of hydrogen-bond acceptors (Lipinski definition) is 4. The number of nitrogens with zero attached hydrogens (tertiary/aromatic N) is 2. The van der Waals surface area contributed by atoms with Crippen molar-refractivity contribution in [1.82, 2.24) is 4.90 Å². The molecule has 0 bridgehead atoms. The molecule has 1 saturated heterocycles. The van der Waals surface area contributed by atoms with Crippen LogP contribution in [-0.2, 0) is 10.0 Å². The molecule has 1 aliphatic heterocycles. The zero-order valence-electron chi connectivity index (χ0n) is 15.1. The topological polar surface area (TPSA) is 90.3 Å². The third-order valence-electron chi connectivity index (χ3n) is 4.58. The van der Waals surface area contributed by atoms with Crippen molar-refractivity contribution in [2.75, 3.05) is 17.8 Å². The number of nitriles is 1.